The largest absolute Gasteiger partial charge is 0.451 e. The molecule has 0 fully saturated rings. The number of nitrogens with zero attached hydrogens (tertiary/aromatic N) is 3. The monoisotopic (exact) mass is 413 g/mol. The van der Waals surface area contributed by atoms with Crippen molar-refractivity contribution in [1.82, 2.24) is 10.2 Å². The number of thiophene rings is 1. The predicted molar refractivity (Wildman–Crippen MR) is 106 cm³/mol. The van der Waals surface area contributed by atoms with Crippen LogP contribution in [-0.4, -0.2) is 21.1 Å². The van der Waals surface area contributed by atoms with Gasteiger partial charge in [-0.15, -0.1) is 21.5 Å². The molecule has 4 rings (SSSR count). The molecule has 0 N–H and O–H groups in total. The average molecular weight is 413 g/mol. The van der Waals surface area contributed by atoms with E-state index in [-0.39, 0.29) is 24.1 Å². The first-order chi connectivity index (χ1) is 14.1. The van der Waals surface area contributed by atoms with Gasteiger partial charge in [-0.2, -0.15) is 0 Å². The van der Waals surface area contributed by atoms with Gasteiger partial charge in [0.25, 0.3) is 11.6 Å². The Labute approximate surface area is 170 Å². The number of carbonyl (C=O) groups is 1. The molecular formula is C20H19N3O5S. The zero-order valence-corrected chi connectivity index (χ0v) is 16.4. The molecule has 0 amide bonds. The summed E-state index contributed by atoms with van der Waals surface area (Å²) in [4.78, 5) is 24.6. The highest BCUT2D eigenvalue weighted by Gasteiger charge is 2.18. The van der Waals surface area contributed by atoms with E-state index in [0.717, 1.165) is 25.7 Å². The molecule has 1 aromatic carbocycles. The van der Waals surface area contributed by atoms with E-state index in [4.69, 9.17) is 9.15 Å². The van der Waals surface area contributed by atoms with Crippen LogP contribution in [0.1, 0.15) is 51.7 Å². The number of nitro benzene ring substituents is 1. The molecule has 0 saturated carbocycles. The highest BCUT2D eigenvalue weighted by atomic mass is 32.1. The zero-order chi connectivity index (χ0) is 20.2. The van der Waals surface area contributed by atoms with E-state index in [1.54, 1.807) is 0 Å². The molecule has 3 aromatic rings. The van der Waals surface area contributed by atoms with Gasteiger partial charge in [0.05, 0.1) is 4.92 Å². The lowest BCUT2D eigenvalue weighted by molar-refractivity contribution is -0.384. The number of rotatable bonds is 5. The van der Waals surface area contributed by atoms with Gasteiger partial charge in [0, 0.05) is 22.6 Å². The van der Waals surface area contributed by atoms with Gasteiger partial charge in [0.1, 0.15) is 4.88 Å². The molecular weight excluding hydrogens is 394 g/mol. The van der Waals surface area contributed by atoms with E-state index in [9.17, 15) is 14.9 Å². The minimum atomic E-state index is -0.478. The number of benzene rings is 1. The summed E-state index contributed by atoms with van der Waals surface area (Å²) in [6.45, 7) is -0.124. The van der Waals surface area contributed by atoms with Gasteiger partial charge >= 0.3 is 5.97 Å². The quantitative estimate of drug-likeness (QED) is 0.338. The van der Waals surface area contributed by atoms with Gasteiger partial charge in [0.2, 0.25) is 5.89 Å². The number of carbonyl (C=O) groups excluding carboxylic acids is 1. The number of fused-ring (bicyclic) bond motifs is 1. The third-order valence-electron chi connectivity index (χ3n) is 4.82. The Bertz CT molecular complexity index is 1000. The van der Waals surface area contributed by atoms with Crippen molar-refractivity contribution >= 4 is 23.0 Å². The fourth-order valence-corrected chi connectivity index (χ4v) is 4.44. The zero-order valence-electron chi connectivity index (χ0n) is 15.6. The Hall–Kier alpha value is -3.07. The second-order valence-electron chi connectivity index (χ2n) is 6.85. The minimum absolute atomic E-state index is 0.0209. The van der Waals surface area contributed by atoms with Crippen molar-refractivity contribution in [3.63, 3.8) is 0 Å². The van der Waals surface area contributed by atoms with E-state index < -0.39 is 10.9 Å². The van der Waals surface area contributed by atoms with Gasteiger partial charge < -0.3 is 9.15 Å². The van der Waals surface area contributed by atoms with E-state index in [0.29, 0.717) is 10.4 Å². The number of aromatic nitrogens is 2. The standard InChI is InChI=1S/C20H19N3O5S/c24-20(17-11-14-5-3-1-2-4-6-16(14)29-17)27-12-18-21-22-19(28-18)13-7-9-15(10-8-13)23(25)26/h7-11H,1-6,12H2. The molecule has 0 atom stereocenters. The number of hydrogen-bond donors (Lipinski definition) is 0. The maximum absolute atomic E-state index is 12.4. The van der Waals surface area contributed by atoms with Crippen molar-refractivity contribution in [2.45, 2.75) is 45.1 Å². The third-order valence-corrected chi connectivity index (χ3v) is 6.03. The van der Waals surface area contributed by atoms with Crippen LogP contribution in [0.15, 0.2) is 34.7 Å². The highest BCUT2D eigenvalue weighted by Crippen LogP contribution is 2.29. The van der Waals surface area contributed by atoms with Crippen molar-refractivity contribution in [3.05, 3.63) is 61.7 Å². The molecule has 0 aliphatic heterocycles. The molecule has 0 unspecified atom stereocenters. The molecule has 2 aromatic heterocycles. The summed E-state index contributed by atoms with van der Waals surface area (Å²) in [5.74, 6) is -0.0107. The summed E-state index contributed by atoms with van der Waals surface area (Å²) >= 11 is 1.51. The lowest BCUT2D eigenvalue weighted by atomic mass is 10.00. The molecule has 2 heterocycles. The molecule has 1 aliphatic carbocycles. The second-order valence-corrected chi connectivity index (χ2v) is 7.99. The molecule has 150 valence electrons. The molecule has 1 aliphatic rings. The summed E-state index contributed by atoms with van der Waals surface area (Å²) in [6.07, 6.45) is 6.84. The molecule has 0 bridgehead atoms. The van der Waals surface area contributed by atoms with E-state index in [1.165, 1.54) is 58.9 Å². The first-order valence-corrected chi connectivity index (χ1v) is 10.3. The van der Waals surface area contributed by atoms with Crippen LogP contribution in [0.3, 0.4) is 0 Å². The number of ether oxygens (including phenoxy) is 1. The van der Waals surface area contributed by atoms with Gasteiger partial charge in [-0.3, -0.25) is 10.1 Å². The Kier molecular flexibility index (Phi) is 5.66. The van der Waals surface area contributed by atoms with Crippen LogP contribution >= 0.6 is 11.3 Å². The number of aryl methyl sites for hydroxylation is 2. The first kappa shape index (κ1) is 19.3. The molecule has 0 radical (unpaired) electrons. The topological polar surface area (TPSA) is 108 Å². The van der Waals surface area contributed by atoms with Crippen LogP contribution in [0.2, 0.25) is 0 Å². The maximum Gasteiger partial charge on any atom is 0.348 e. The van der Waals surface area contributed by atoms with Crippen molar-refractivity contribution in [2.24, 2.45) is 0 Å². The summed E-state index contributed by atoms with van der Waals surface area (Å²) < 4.78 is 10.8. The first-order valence-electron chi connectivity index (χ1n) is 9.46. The lowest BCUT2D eigenvalue weighted by Gasteiger charge is -2.07. The fourth-order valence-electron chi connectivity index (χ4n) is 3.30. The van der Waals surface area contributed by atoms with Gasteiger partial charge in [0.15, 0.2) is 6.61 Å². The SMILES string of the molecule is O=C(OCc1nnc(-c2ccc([N+](=O)[O-])cc2)o1)c1cc2c(s1)CCCCCC2. The summed E-state index contributed by atoms with van der Waals surface area (Å²) in [5.41, 5.74) is 1.80. The highest BCUT2D eigenvalue weighted by molar-refractivity contribution is 7.14. The van der Waals surface area contributed by atoms with Crippen LogP contribution in [-0.2, 0) is 24.2 Å². The predicted octanol–water partition coefficient (Wildman–Crippen LogP) is 4.72. The van der Waals surface area contributed by atoms with Gasteiger partial charge in [-0.25, -0.2) is 4.79 Å². The van der Waals surface area contributed by atoms with Crippen molar-refractivity contribution in [3.8, 4) is 11.5 Å². The molecule has 0 saturated heterocycles. The van der Waals surface area contributed by atoms with Crippen molar-refractivity contribution in [2.75, 3.05) is 0 Å². The van der Waals surface area contributed by atoms with Crippen LogP contribution in [0.25, 0.3) is 11.5 Å². The number of hydrogen-bond acceptors (Lipinski definition) is 8. The molecule has 0 spiro atoms. The van der Waals surface area contributed by atoms with Crippen LogP contribution in [0.5, 0.6) is 0 Å². The summed E-state index contributed by atoms with van der Waals surface area (Å²) in [5, 5.41) is 18.5. The molecule has 9 heteroatoms. The summed E-state index contributed by atoms with van der Waals surface area (Å²) in [7, 11) is 0. The smallest absolute Gasteiger partial charge is 0.348 e. The van der Waals surface area contributed by atoms with Crippen molar-refractivity contribution in [1.29, 1.82) is 0 Å². The van der Waals surface area contributed by atoms with Gasteiger partial charge in [-0.05, 0) is 49.4 Å². The van der Waals surface area contributed by atoms with E-state index >= 15 is 0 Å². The van der Waals surface area contributed by atoms with Gasteiger partial charge in [-0.1, -0.05) is 12.8 Å². The Morgan fingerprint density at radius 1 is 1.14 bits per heavy atom. The van der Waals surface area contributed by atoms with Crippen LogP contribution in [0, 0.1) is 10.1 Å². The number of non-ortho nitro benzene ring substituents is 1. The number of esters is 1. The fraction of sp³-hybridized carbons (Fsp3) is 0.350. The van der Waals surface area contributed by atoms with E-state index in [1.807, 2.05) is 6.07 Å². The van der Waals surface area contributed by atoms with Crippen LogP contribution < -0.4 is 0 Å². The van der Waals surface area contributed by atoms with E-state index in [2.05, 4.69) is 10.2 Å². The molecule has 29 heavy (non-hydrogen) atoms. The Morgan fingerprint density at radius 3 is 2.66 bits per heavy atom. The van der Waals surface area contributed by atoms with Crippen molar-refractivity contribution < 1.29 is 18.9 Å². The third kappa shape index (κ3) is 4.51. The second kappa shape index (κ2) is 8.52. The summed E-state index contributed by atoms with van der Waals surface area (Å²) in [6, 6.07) is 7.74. The Balaban J connectivity index is 1.39. The lowest BCUT2D eigenvalue weighted by Crippen LogP contribution is -2.03. The Morgan fingerprint density at radius 2 is 1.90 bits per heavy atom. The average Bonchev–Trinajstić information content (AvgIpc) is 3.33. The minimum Gasteiger partial charge on any atom is -0.451 e. The maximum atomic E-state index is 12.4. The molecule has 8 nitrogen and oxygen atoms in total. The normalized spacial score (nSPS) is 13.9. The number of nitro groups is 1. The van der Waals surface area contributed by atoms with Crippen LogP contribution in [0.4, 0.5) is 5.69 Å².